The number of aryl methyl sites for hydroxylation is 2. The minimum absolute atomic E-state index is 0.430. The summed E-state index contributed by atoms with van der Waals surface area (Å²) < 4.78 is 2.05. The maximum Gasteiger partial charge on any atom is 0.139 e. The third-order valence-corrected chi connectivity index (χ3v) is 3.30. The zero-order chi connectivity index (χ0) is 12.6. The second-order valence-electron chi connectivity index (χ2n) is 4.94. The molecule has 0 aromatic carbocycles. The highest BCUT2D eigenvalue weighted by molar-refractivity contribution is 5.56. The van der Waals surface area contributed by atoms with Gasteiger partial charge in [-0.15, -0.1) is 0 Å². The van der Waals surface area contributed by atoms with Crippen molar-refractivity contribution in [2.75, 3.05) is 5.73 Å². The van der Waals surface area contributed by atoms with Gasteiger partial charge >= 0.3 is 0 Å². The fourth-order valence-corrected chi connectivity index (χ4v) is 2.51. The Balaban J connectivity index is 2.60. The molecular weight excluding hydrogens is 210 g/mol. The van der Waals surface area contributed by atoms with E-state index in [2.05, 4.69) is 44.2 Å². The van der Waals surface area contributed by atoms with Gasteiger partial charge in [-0.25, -0.2) is 4.98 Å². The van der Waals surface area contributed by atoms with E-state index in [-0.39, 0.29) is 0 Å². The zero-order valence-electron chi connectivity index (χ0n) is 11.1. The van der Waals surface area contributed by atoms with Crippen LogP contribution in [0.4, 0.5) is 5.82 Å². The van der Waals surface area contributed by atoms with Crippen LogP contribution in [0.25, 0.3) is 5.65 Å². The number of anilines is 1. The van der Waals surface area contributed by atoms with Crippen LogP contribution in [-0.4, -0.2) is 9.38 Å². The van der Waals surface area contributed by atoms with Crippen molar-refractivity contribution in [3.8, 4) is 0 Å². The van der Waals surface area contributed by atoms with Crippen LogP contribution in [0, 0.1) is 13.8 Å². The fourth-order valence-electron chi connectivity index (χ4n) is 2.51. The van der Waals surface area contributed by atoms with E-state index in [9.17, 15) is 0 Å². The molecule has 0 saturated carbocycles. The number of hydrogen-bond donors (Lipinski definition) is 1. The molecule has 0 spiro atoms. The Morgan fingerprint density at radius 2 is 2.06 bits per heavy atom. The molecule has 0 amide bonds. The summed E-state index contributed by atoms with van der Waals surface area (Å²) in [4.78, 5) is 4.69. The van der Waals surface area contributed by atoms with Gasteiger partial charge in [0.05, 0.1) is 5.69 Å². The van der Waals surface area contributed by atoms with Gasteiger partial charge in [-0.1, -0.05) is 20.3 Å². The maximum absolute atomic E-state index is 6.22. The highest BCUT2D eigenvalue weighted by atomic mass is 15.1. The minimum atomic E-state index is 0.430. The Kier molecular flexibility index (Phi) is 3.09. The van der Waals surface area contributed by atoms with Crippen molar-refractivity contribution in [3.63, 3.8) is 0 Å². The molecule has 0 saturated heterocycles. The summed E-state index contributed by atoms with van der Waals surface area (Å²) in [6, 6.07) is 4.23. The second-order valence-corrected chi connectivity index (χ2v) is 4.94. The molecule has 2 rings (SSSR count). The summed E-state index contributed by atoms with van der Waals surface area (Å²) in [7, 11) is 0. The third kappa shape index (κ3) is 2.02. The summed E-state index contributed by atoms with van der Waals surface area (Å²) in [6.45, 7) is 8.56. The van der Waals surface area contributed by atoms with Crippen LogP contribution in [0.15, 0.2) is 12.1 Å². The molecule has 2 aromatic heterocycles. The van der Waals surface area contributed by atoms with E-state index in [0.717, 1.165) is 35.7 Å². The lowest BCUT2D eigenvalue weighted by molar-refractivity contribution is 0.653. The number of aromatic nitrogens is 2. The molecule has 1 unspecified atom stereocenters. The first-order valence-corrected chi connectivity index (χ1v) is 6.29. The maximum atomic E-state index is 6.22. The molecular formula is C14H21N3. The Morgan fingerprint density at radius 1 is 1.35 bits per heavy atom. The lowest BCUT2D eigenvalue weighted by Crippen LogP contribution is -2.02. The van der Waals surface area contributed by atoms with Crippen LogP contribution >= 0.6 is 0 Å². The van der Waals surface area contributed by atoms with Crippen molar-refractivity contribution in [1.29, 1.82) is 0 Å². The van der Waals surface area contributed by atoms with Crippen molar-refractivity contribution in [1.82, 2.24) is 9.38 Å². The van der Waals surface area contributed by atoms with Crippen LogP contribution in [-0.2, 0) is 0 Å². The minimum Gasteiger partial charge on any atom is -0.383 e. The Morgan fingerprint density at radius 3 is 2.71 bits per heavy atom. The van der Waals surface area contributed by atoms with Crippen molar-refractivity contribution >= 4 is 11.5 Å². The van der Waals surface area contributed by atoms with Gasteiger partial charge in [0, 0.05) is 11.6 Å². The van der Waals surface area contributed by atoms with Gasteiger partial charge in [0.25, 0.3) is 0 Å². The highest BCUT2D eigenvalue weighted by Gasteiger charge is 2.16. The van der Waals surface area contributed by atoms with Gasteiger partial charge in [-0.2, -0.15) is 0 Å². The molecule has 2 heterocycles. The molecule has 0 aliphatic rings. The van der Waals surface area contributed by atoms with Crippen molar-refractivity contribution in [2.24, 2.45) is 0 Å². The number of pyridine rings is 1. The van der Waals surface area contributed by atoms with E-state index in [1.54, 1.807) is 0 Å². The molecule has 3 nitrogen and oxygen atoms in total. The fraction of sp³-hybridized carbons (Fsp3) is 0.500. The molecule has 0 aliphatic carbocycles. The number of nitrogen functional groups attached to an aromatic ring is 1. The summed E-state index contributed by atoms with van der Waals surface area (Å²) in [5.74, 6) is 1.23. The molecule has 0 fully saturated rings. The van der Waals surface area contributed by atoms with Crippen molar-refractivity contribution in [3.05, 3.63) is 29.1 Å². The summed E-state index contributed by atoms with van der Waals surface area (Å²) in [6.07, 6.45) is 2.29. The van der Waals surface area contributed by atoms with Gasteiger partial charge in [0.15, 0.2) is 0 Å². The van der Waals surface area contributed by atoms with Gasteiger partial charge in [0.2, 0.25) is 0 Å². The smallest absolute Gasteiger partial charge is 0.139 e. The Hall–Kier alpha value is -1.51. The topological polar surface area (TPSA) is 43.3 Å². The van der Waals surface area contributed by atoms with E-state index in [1.165, 1.54) is 5.56 Å². The Labute approximate surface area is 103 Å². The van der Waals surface area contributed by atoms with Gasteiger partial charge < -0.3 is 5.73 Å². The Bertz CT molecular complexity index is 540. The quantitative estimate of drug-likeness (QED) is 0.879. The molecule has 92 valence electrons. The number of fused-ring (bicyclic) bond motifs is 1. The van der Waals surface area contributed by atoms with E-state index in [4.69, 9.17) is 10.7 Å². The van der Waals surface area contributed by atoms with Gasteiger partial charge in [0.1, 0.15) is 11.5 Å². The second kappa shape index (κ2) is 4.40. The summed E-state index contributed by atoms with van der Waals surface area (Å²) >= 11 is 0. The number of hydrogen-bond acceptors (Lipinski definition) is 2. The van der Waals surface area contributed by atoms with Crippen molar-refractivity contribution < 1.29 is 0 Å². The van der Waals surface area contributed by atoms with Crippen LogP contribution < -0.4 is 5.73 Å². The summed E-state index contributed by atoms with van der Waals surface area (Å²) in [5.41, 5.74) is 10.6. The number of nitrogens with zero attached hydrogens (tertiary/aromatic N) is 2. The first-order valence-electron chi connectivity index (χ1n) is 6.29. The predicted molar refractivity (Wildman–Crippen MR) is 72.4 cm³/mol. The van der Waals surface area contributed by atoms with E-state index in [0.29, 0.717) is 5.92 Å². The molecule has 17 heavy (non-hydrogen) atoms. The van der Waals surface area contributed by atoms with E-state index < -0.39 is 0 Å². The first-order chi connectivity index (χ1) is 8.04. The zero-order valence-corrected chi connectivity index (χ0v) is 11.1. The molecule has 2 N–H and O–H groups in total. The summed E-state index contributed by atoms with van der Waals surface area (Å²) in [5, 5.41) is 0. The van der Waals surface area contributed by atoms with Crippen molar-refractivity contribution in [2.45, 2.75) is 46.5 Å². The van der Waals surface area contributed by atoms with Gasteiger partial charge in [-0.3, -0.25) is 4.40 Å². The third-order valence-electron chi connectivity index (χ3n) is 3.30. The lowest BCUT2D eigenvalue weighted by atomic mass is 10.0. The van der Waals surface area contributed by atoms with E-state index >= 15 is 0 Å². The molecule has 0 aliphatic heterocycles. The van der Waals surface area contributed by atoms with Crippen LogP contribution in [0.1, 0.15) is 49.6 Å². The lowest BCUT2D eigenvalue weighted by Gasteiger charge is -2.08. The van der Waals surface area contributed by atoms with Crippen LogP contribution in [0.2, 0.25) is 0 Å². The highest BCUT2D eigenvalue weighted by Crippen LogP contribution is 2.27. The molecule has 0 radical (unpaired) electrons. The largest absolute Gasteiger partial charge is 0.383 e. The molecule has 1 atom stereocenters. The number of nitrogens with two attached hydrogens (primary N) is 1. The SMILES string of the molecule is CCCC(C)c1nc2cc(C)cc(C)n2c1N. The number of imidazole rings is 1. The van der Waals surface area contributed by atoms with Gasteiger partial charge in [-0.05, 0) is 38.0 Å². The first kappa shape index (κ1) is 12.0. The molecule has 2 aromatic rings. The molecule has 3 heteroatoms. The monoisotopic (exact) mass is 231 g/mol. The average Bonchev–Trinajstić information content (AvgIpc) is 2.56. The standard InChI is InChI=1S/C14H21N3/c1-5-6-10(3)13-14(15)17-11(4)7-9(2)8-12(17)16-13/h7-8,10H,5-6,15H2,1-4H3. The predicted octanol–water partition coefficient (Wildman–Crippen LogP) is 3.44. The number of rotatable bonds is 3. The van der Waals surface area contributed by atoms with Crippen LogP contribution in [0.5, 0.6) is 0 Å². The average molecular weight is 231 g/mol. The molecule has 0 bridgehead atoms. The van der Waals surface area contributed by atoms with Crippen LogP contribution in [0.3, 0.4) is 0 Å². The van der Waals surface area contributed by atoms with E-state index in [1.807, 2.05) is 0 Å². The normalized spacial score (nSPS) is 13.2.